The van der Waals surface area contributed by atoms with E-state index >= 15 is 0 Å². The fourth-order valence-electron chi connectivity index (χ4n) is 0.826. The maximum atomic E-state index is 10.6. The van der Waals surface area contributed by atoms with Crippen LogP contribution in [0.1, 0.15) is 16.1 Å². The minimum absolute atomic E-state index is 0. The molecular weight excluding hydrogens is 283 g/mol. The van der Waals surface area contributed by atoms with E-state index in [1.165, 1.54) is 13.1 Å². The first kappa shape index (κ1) is 13.8. The maximum absolute atomic E-state index is 10.6. The van der Waals surface area contributed by atoms with Gasteiger partial charge in [0.2, 0.25) is 0 Å². The number of carboxylic acid groups (broad SMARTS) is 1. The van der Waals surface area contributed by atoms with E-state index in [0.29, 0.717) is 5.69 Å². The summed E-state index contributed by atoms with van der Waals surface area (Å²) < 4.78 is 19.2. The third-order valence-corrected chi connectivity index (χ3v) is 2.12. The van der Waals surface area contributed by atoms with Crippen LogP contribution in [0.2, 0.25) is 0 Å². The zero-order valence-corrected chi connectivity index (χ0v) is 11.0. The molecule has 0 spiro atoms. The third kappa shape index (κ3) is 3.20. The van der Waals surface area contributed by atoms with Crippen LogP contribution in [-0.2, 0) is 43.8 Å². The molecule has 1 unspecified atom stereocenters. The summed E-state index contributed by atoms with van der Waals surface area (Å²) in [5.41, 5.74) is 0.265. The quantitative estimate of drug-likeness (QED) is 0.781. The molecule has 1 aromatic rings. The number of pyridine rings is 1. The number of aromatic carboxylic acids is 1. The van der Waals surface area contributed by atoms with Gasteiger partial charge in [-0.1, -0.05) is 0 Å². The molecule has 0 aliphatic rings. The standard InChI is InChI=1S/C7H7NO4S.Y/c1-4-6(7(9)10)2-5(3-8-4)13(11)12;/h2-3H,1H3,(H,9,10)(H,11,12);. The summed E-state index contributed by atoms with van der Waals surface area (Å²) in [6, 6.07) is 1.14. The van der Waals surface area contributed by atoms with Gasteiger partial charge >= 0.3 is 5.97 Å². The number of carbonyl (C=O) groups is 1. The van der Waals surface area contributed by atoms with Crippen LogP contribution in [0.5, 0.6) is 0 Å². The summed E-state index contributed by atoms with van der Waals surface area (Å²) >= 11 is -2.19. The molecule has 0 bridgehead atoms. The van der Waals surface area contributed by atoms with Crippen LogP contribution in [0.4, 0.5) is 0 Å². The molecule has 0 saturated carbocycles. The number of hydrogen-bond acceptors (Lipinski definition) is 3. The molecule has 1 radical (unpaired) electrons. The van der Waals surface area contributed by atoms with Gasteiger partial charge in [-0.25, -0.2) is 9.00 Å². The molecule has 2 N–H and O–H groups in total. The number of aromatic nitrogens is 1. The van der Waals surface area contributed by atoms with Crippen LogP contribution < -0.4 is 0 Å². The molecule has 0 saturated heterocycles. The molecule has 14 heavy (non-hydrogen) atoms. The van der Waals surface area contributed by atoms with Crippen molar-refractivity contribution in [3.05, 3.63) is 23.5 Å². The fraction of sp³-hybridized carbons (Fsp3) is 0.143. The van der Waals surface area contributed by atoms with Gasteiger partial charge in [0.1, 0.15) is 0 Å². The average molecular weight is 290 g/mol. The summed E-state index contributed by atoms with van der Waals surface area (Å²) in [6.07, 6.45) is 1.18. The van der Waals surface area contributed by atoms with Crippen molar-refractivity contribution in [2.45, 2.75) is 11.8 Å². The second kappa shape index (κ2) is 5.65. The van der Waals surface area contributed by atoms with Crippen molar-refractivity contribution >= 4 is 17.0 Å². The van der Waals surface area contributed by atoms with Crippen LogP contribution in [-0.4, -0.2) is 24.8 Å². The van der Waals surface area contributed by atoms with Crippen molar-refractivity contribution in [1.82, 2.24) is 4.98 Å². The summed E-state index contributed by atoms with van der Waals surface area (Å²) in [6.45, 7) is 1.52. The topological polar surface area (TPSA) is 87.5 Å². The normalized spacial score (nSPS) is 11.6. The van der Waals surface area contributed by atoms with Gasteiger partial charge in [-0.3, -0.25) is 4.98 Å². The van der Waals surface area contributed by atoms with E-state index < -0.39 is 17.0 Å². The monoisotopic (exact) mass is 290 g/mol. The Morgan fingerprint density at radius 1 is 1.57 bits per heavy atom. The average Bonchev–Trinajstić information content (AvgIpc) is 2.04. The Bertz CT molecular complexity index is 382. The Morgan fingerprint density at radius 3 is 2.57 bits per heavy atom. The van der Waals surface area contributed by atoms with E-state index in [9.17, 15) is 9.00 Å². The predicted octanol–water partition coefficient (Wildman–Crippen LogP) is 0.666. The molecule has 0 aliphatic carbocycles. The Balaban J connectivity index is 0.00000169. The molecule has 0 aromatic carbocycles. The third-order valence-electron chi connectivity index (χ3n) is 1.49. The van der Waals surface area contributed by atoms with E-state index in [1.54, 1.807) is 0 Å². The zero-order valence-electron chi connectivity index (χ0n) is 7.30. The second-order valence-electron chi connectivity index (χ2n) is 2.36. The van der Waals surface area contributed by atoms with Crippen LogP contribution in [0.3, 0.4) is 0 Å². The molecule has 0 amide bonds. The summed E-state index contributed by atoms with van der Waals surface area (Å²) in [5.74, 6) is -1.16. The minimum Gasteiger partial charge on any atom is -0.478 e. The Kier molecular flexibility index (Phi) is 5.58. The van der Waals surface area contributed by atoms with Crippen molar-refractivity contribution in [1.29, 1.82) is 0 Å². The first-order valence-corrected chi connectivity index (χ1v) is 4.44. The smallest absolute Gasteiger partial charge is 0.337 e. The maximum Gasteiger partial charge on any atom is 0.337 e. The first-order valence-electron chi connectivity index (χ1n) is 3.33. The molecule has 1 rings (SSSR count). The van der Waals surface area contributed by atoms with Crippen LogP contribution >= 0.6 is 0 Å². The van der Waals surface area contributed by atoms with Gasteiger partial charge in [0.15, 0.2) is 11.1 Å². The Hall–Kier alpha value is -0.166. The van der Waals surface area contributed by atoms with E-state index in [2.05, 4.69) is 4.98 Å². The van der Waals surface area contributed by atoms with Crippen LogP contribution in [0.15, 0.2) is 17.2 Å². The SMILES string of the molecule is Cc1ncc(S(=O)O)cc1C(=O)O.[Y]. The molecule has 0 aliphatic heterocycles. The first-order chi connectivity index (χ1) is 6.02. The molecule has 1 aromatic heterocycles. The van der Waals surface area contributed by atoms with Crippen molar-refractivity contribution in [3.63, 3.8) is 0 Å². The van der Waals surface area contributed by atoms with Gasteiger partial charge in [0, 0.05) is 38.9 Å². The Morgan fingerprint density at radius 2 is 2.14 bits per heavy atom. The fourth-order valence-corrected chi connectivity index (χ4v) is 1.19. The molecule has 5 nitrogen and oxygen atoms in total. The molecular formula is C7H7NO4SY. The van der Waals surface area contributed by atoms with Gasteiger partial charge in [-0.15, -0.1) is 0 Å². The second-order valence-corrected chi connectivity index (χ2v) is 3.33. The largest absolute Gasteiger partial charge is 0.478 e. The van der Waals surface area contributed by atoms with Gasteiger partial charge in [0.25, 0.3) is 0 Å². The number of aryl methyl sites for hydroxylation is 1. The van der Waals surface area contributed by atoms with E-state index in [4.69, 9.17) is 9.66 Å². The van der Waals surface area contributed by atoms with Crippen molar-refractivity contribution in [2.75, 3.05) is 0 Å². The minimum atomic E-state index is -2.19. The molecule has 0 fully saturated rings. The van der Waals surface area contributed by atoms with Gasteiger partial charge in [0.05, 0.1) is 16.2 Å². The van der Waals surface area contributed by atoms with E-state index in [0.717, 1.165) is 6.07 Å². The van der Waals surface area contributed by atoms with Crippen LogP contribution in [0.25, 0.3) is 0 Å². The van der Waals surface area contributed by atoms with E-state index in [1.807, 2.05) is 0 Å². The molecule has 7 heteroatoms. The number of nitrogens with zero attached hydrogens (tertiary/aromatic N) is 1. The summed E-state index contributed by atoms with van der Waals surface area (Å²) in [5, 5.41) is 8.65. The predicted molar refractivity (Wildman–Crippen MR) is 45.0 cm³/mol. The number of carboxylic acids is 1. The van der Waals surface area contributed by atoms with E-state index in [-0.39, 0.29) is 43.2 Å². The molecule has 73 valence electrons. The van der Waals surface area contributed by atoms with Crippen molar-refractivity contribution in [3.8, 4) is 0 Å². The molecule has 1 heterocycles. The van der Waals surface area contributed by atoms with Gasteiger partial charge in [-0.2, -0.15) is 0 Å². The van der Waals surface area contributed by atoms with Gasteiger partial charge in [-0.05, 0) is 13.0 Å². The van der Waals surface area contributed by atoms with Crippen molar-refractivity contribution in [2.24, 2.45) is 0 Å². The summed E-state index contributed by atoms with van der Waals surface area (Å²) in [7, 11) is 0. The zero-order chi connectivity index (χ0) is 10.0. The number of hydrogen-bond donors (Lipinski definition) is 2. The van der Waals surface area contributed by atoms with Crippen LogP contribution in [0, 0.1) is 6.92 Å². The van der Waals surface area contributed by atoms with Gasteiger partial charge < -0.3 is 9.66 Å². The number of rotatable bonds is 2. The molecule has 1 atom stereocenters. The Labute approximate surface area is 108 Å². The van der Waals surface area contributed by atoms with Crippen molar-refractivity contribution < 1.29 is 51.4 Å². The summed E-state index contributed by atoms with van der Waals surface area (Å²) in [4.78, 5) is 14.3.